The van der Waals surface area contributed by atoms with Crippen LogP contribution in [0.4, 0.5) is 4.39 Å². The lowest BCUT2D eigenvalue weighted by Gasteiger charge is -2.25. The van der Waals surface area contributed by atoms with Crippen molar-refractivity contribution in [2.75, 3.05) is 6.61 Å². The molecular weight excluding hydrogens is 243 g/mol. The quantitative estimate of drug-likeness (QED) is 0.770. The molecule has 19 heavy (non-hydrogen) atoms. The van der Waals surface area contributed by atoms with Crippen LogP contribution in [0.15, 0.2) is 48.5 Å². The summed E-state index contributed by atoms with van der Waals surface area (Å²) in [7, 11) is 0. The first kappa shape index (κ1) is 12.1. The van der Waals surface area contributed by atoms with Gasteiger partial charge in [-0.3, -0.25) is 4.79 Å². The summed E-state index contributed by atoms with van der Waals surface area (Å²) in [6, 6.07) is 13.4. The highest BCUT2D eigenvalue weighted by atomic mass is 19.1. The predicted molar refractivity (Wildman–Crippen MR) is 69.6 cm³/mol. The molecule has 0 radical (unpaired) electrons. The van der Waals surface area contributed by atoms with Gasteiger partial charge in [-0.25, -0.2) is 4.39 Å². The molecule has 0 fully saturated rings. The van der Waals surface area contributed by atoms with Crippen molar-refractivity contribution in [1.82, 2.24) is 0 Å². The van der Waals surface area contributed by atoms with Gasteiger partial charge in [0.2, 0.25) is 0 Å². The van der Waals surface area contributed by atoms with Gasteiger partial charge in [0, 0.05) is 5.56 Å². The molecule has 96 valence electrons. The van der Waals surface area contributed by atoms with E-state index in [1.807, 2.05) is 24.3 Å². The summed E-state index contributed by atoms with van der Waals surface area (Å²) in [6.45, 7) is 0.536. The summed E-state index contributed by atoms with van der Waals surface area (Å²) in [4.78, 5) is 12.4. The average Bonchev–Trinajstić information content (AvgIpc) is 2.47. The fourth-order valence-electron chi connectivity index (χ4n) is 2.38. The van der Waals surface area contributed by atoms with Crippen molar-refractivity contribution in [3.63, 3.8) is 0 Å². The number of ketones is 1. The van der Waals surface area contributed by atoms with E-state index in [4.69, 9.17) is 4.74 Å². The van der Waals surface area contributed by atoms with Crippen molar-refractivity contribution in [3.05, 3.63) is 71.0 Å². The molecule has 0 N–H and O–H groups in total. The van der Waals surface area contributed by atoms with Gasteiger partial charge in [-0.1, -0.05) is 24.3 Å². The van der Waals surface area contributed by atoms with Crippen LogP contribution in [-0.4, -0.2) is 12.4 Å². The van der Waals surface area contributed by atoms with E-state index in [0.717, 1.165) is 17.5 Å². The third kappa shape index (κ3) is 2.29. The number of fused-ring (bicyclic) bond motifs is 1. The van der Waals surface area contributed by atoms with Crippen molar-refractivity contribution in [2.24, 2.45) is 0 Å². The molecule has 0 saturated carbocycles. The Kier molecular flexibility index (Phi) is 3.13. The van der Waals surface area contributed by atoms with Crippen LogP contribution in [0.25, 0.3) is 0 Å². The summed E-state index contributed by atoms with van der Waals surface area (Å²) in [6.07, 6.45) is 0.249. The van der Waals surface area contributed by atoms with Gasteiger partial charge < -0.3 is 4.74 Å². The largest absolute Gasteiger partial charge is 0.365 e. The van der Waals surface area contributed by atoms with E-state index < -0.39 is 6.10 Å². The van der Waals surface area contributed by atoms with Crippen LogP contribution < -0.4 is 0 Å². The maximum atomic E-state index is 12.9. The SMILES string of the molecule is O=C(c1ccc(F)cc1)C1OCCc2ccccc21. The zero-order valence-electron chi connectivity index (χ0n) is 10.3. The highest BCUT2D eigenvalue weighted by Crippen LogP contribution is 2.29. The Balaban J connectivity index is 1.95. The van der Waals surface area contributed by atoms with E-state index in [0.29, 0.717) is 12.2 Å². The fourth-order valence-corrected chi connectivity index (χ4v) is 2.38. The Morgan fingerprint density at radius 2 is 1.84 bits per heavy atom. The van der Waals surface area contributed by atoms with Gasteiger partial charge in [0.05, 0.1) is 6.61 Å². The molecule has 2 aromatic rings. The van der Waals surface area contributed by atoms with Crippen molar-refractivity contribution >= 4 is 5.78 Å². The van der Waals surface area contributed by atoms with Crippen LogP contribution in [0, 0.1) is 5.82 Å². The Bertz CT molecular complexity index is 604. The molecule has 1 heterocycles. The minimum atomic E-state index is -0.574. The fraction of sp³-hybridized carbons (Fsp3) is 0.188. The number of rotatable bonds is 2. The number of carbonyl (C=O) groups is 1. The number of hydrogen-bond acceptors (Lipinski definition) is 2. The monoisotopic (exact) mass is 256 g/mol. The topological polar surface area (TPSA) is 26.3 Å². The number of ether oxygens (including phenoxy) is 1. The van der Waals surface area contributed by atoms with Crippen molar-refractivity contribution in [3.8, 4) is 0 Å². The number of carbonyl (C=O) groups excluding carboxylic acids is 1. The minimum Gasteiger partial charge on any atom is -0.365 e. The number of halogens is 1. The third-order valence-electron chi connectivity index (χ3n) is 3.36. The molecule has 2 nitrogen and oxygen atoms in total. The van der Waals surface area contributed by atoms with Crippen molar-refractivity contribution in [1.29, 1.82) is 0 Å². The van der Waals surface area contributed by atoms with E-state index in [1.165, 1.54) is 24.3 Å². The Morgan fingerprint density at radius 1 is 1.11 bits per heavy atom. The maximum absolute atomic E-state index is 12.9. The van der Waals surface area contributed by atoms with Crippen LogP contribution in [-0.2, 0) is 11.2 Å². The van der Waals surface area contributed by atoms with Crippen LogP contribution in [0.1, 0.15) is 27.6 Å². The summed E-state index contributed by atoms with van der Waals surface area (Å²) in [5, 5.41) is 0. The zero-order chi connectivity index (χ0) is 13.2. The van der Waals surface area contributed by atoms with Gasteiger partial charge in [0.15, 0.2) is 5.78 Å². The smallest absolute Gasteiger partial charge is 0.196 e. The summed E-state index contributed by atoms with van der Waals surface area (Å²) < 4.78 is 18.5. The molecule has 2 aromatic carbocycles. The molecule has 1 unspecified atom stereocenters. The van der Waals surface area contributed by atoms with Crippen LogP contribution in [0.2, 0.25) is 0 Å². The molecule has 3 rings (SSSR count). The third-order valence-corrected chi connectivity index (χ3v) is 3.36. The van der Waals surface area contributed by atoms with Gasteiger partial charge in [-0.05, 0) is 41.8 Å². The predicted octanol–water partition coefficient (Wildman–Crippen LogP) is 3.32. The standard InChI is InChI=1S/C16H13FO2/c17-13-7-5-12(6-8-13)15(18)16-14-4-2-1-3-11(14)9-10-19-16/h1-8,16H,9-10H2. The highest BCUT2D eigenvalue weighted by molar-refractivity contribution is 6.00. The molecule has 1 aliphatic heterocycles. The maximum Gasteiger partial charge on any atom is 0.196 e. The average molecular weight is 256 g/mol. The Morgan fingerprint density at radius 3 is 2.63 bits per heavy atom. The molecular formula is C16H13FO2. The van der Waals surface area contributed by atoms with Crippen molar-refractivity contribution in [2.45, 2.75) is 12.5 Å². The summed E-state index contributed by atoms with van der Waals surface area (Å²) in [5.41, 5.74) is 2.54. The van der Waals surface area contributed by atoms with Gasteiger partial charge >= 0.3 is 0 Å². The molecule has 1 atom stereocenters. The van der Waals surface area contributed by atoms with Crippen LogP contribution >= 0.6 is 0 Å². The van der Waals surface area contributed by atoms with Gasteiger partial charge in [0.25, 0.3) is 0 Å². The highest BCUT2D eigenvalue weighted by Gasteiger charge is 2.27. The first-order valence-corrected chi connectivity index (χ1v) is 6.25. The molecule has 0 bridgehead atoms. The lowest BCUT2D eigenvalue weighted by Crippen LogP contribution is -2.23. The molecule has 0 spiro atoms. The zero-order valence-corrected chi connectivity index (χ0v) is 10.3. The first-order valence-electron chi connectivity index (χ1n) is 6.25. The summed E-state index contributed by atoms with van der Waals surface area (Å²) in [5.74, 6) is -0.464. The molecule has 0 aliphatic carbocycles. The van der Waals surface area contributed by atoms with Crippen LogP contribution in [0.3, 0.4) is 0 Å². The van der Waals surface area contributed by atoms with E-state index in [-0.39, 0.29) is 11.6 Å². The summed E-state index contributed by atoms with van der Waals surface area (Å²) >= 11 is 0. The van der Waals surface area contributed by atoms with Gasteiger partial charge in [0.1, 0.15) is 11.9 Å². The van der Waals surface area contributed by atoms with E-state index in [9.17, 15) is 9.18 Å². The minimum absolute atomic E-state index is 0.118. The van der Waals surface area contributed by atoms with E-state index >= 15 is 0 Å². The van der Waals surface area contributed by atoms with Gasteiger partial charge in [-0.2, -0.15) is 0 Å². The lowest BCUT2D eigenvalue weighted by molar-refractivity contribution is 0.0349. The molecule has 3 heteroatoms. The van der Waals surface area contributed by atoms with E-state index in [1.54, 1.807) is 0 Å². The van der Waals surface area contributed by atoms with Gasteiger partial charge in [-0.15, -0.1) is 0 Å². The molecule has 0 saturated heterocycles. The normalized spacial score (nSPS) is 17.8. The first-order chi connectivity index (χ1) is 9.25. The molecule has 0 aromatic heterocycles. The Hall–Kier alpha value is -2.00. The van der Waals surface area contributed by atoms with E-state index in [2.05, 4.69) is 0 Å². The lowest BCUT2D eigenvalue weighted by atomic mass is 9.92. The number of benzene rings is 2. The Labute approximate surface area is 110 Å². The van der Waals surface area contributed by atoms with Crippen molar-refractivity contribution < 1.29 is 13.9 Å². The second-order valence-electron chi connectivity index (χ2n) is 4.57. The molecule has 1 aliphatic rings. The second-order valence-corrected chi connectivity index (χ2v) is 4.57. The number of hydrogen-bond donors (Lipinski definition) is 0. The van der Waals surface area contributed by atoms with Crippen LogP contribution in [0.5, 0.6) is 0 Å². The second kappa shape index (κ2) is 4.94. The molecule has 0 amide bonds. The number of Topliss-reactive ketones (excluding diaryl/α,β-unsaturated/α-hetero) is 1.